The van der Waals surface area contributed by atoms with E-state index >= 15 is 0 Å². The van der Waals surface area contributed by atoms with Crippen LogP contribution in [-0.2, 0) is 28.8 Å². The van der Waals surface area contributed by atoms with Gasteiger partial charge in [0.2, 0.25) is 17.7 Å². The van der Waals surface area contributed by atoms with Gasteiger partial charge < -0.3 is 37.4 Å². The van der Waals surface area contributed by atoms with Crippen LogP contribution in [0.15, 0.2) is 0 Å². The van der Waals surface area contributed by atoms with Crippen LogP contribution in [0.4, 0.5) is 0 Å². The summed E-state index contributed by atoms with van der Waals surface area (Å²) in [6.45, 7) is 16.7. The summed E-state index contributed by atoms with van der Waals surface area (Å²) in [7, 11) is 0. The summed E-state index contributed by atoms with van der Waals surface area (Å²) in [5.41, 5.74) is 12.2. The molecular weight excluding hydrogens is 622 g/mol. The van der Waals surface area contributed by atoms with E-state index in [0.29, 0.717) is 11.3 Å². The summed E-state index contributed by atoms with van der Waals surface area (Å²) >= 11 is 0. The van der Waals surface area contributed by atoms with E-state index in [1.165, 1.54) is 0 Å². The molecule has 0 bridgehead atoms. The van der Waals surface area contributed by atoms with Crippen molar-refractivity contribution in [2.75, 3.05) is 6.61 Å². The number of carboxylic acid groups (broad SMARTS) is 1. The number of carboxylic acids is 1. The van der Waals surface area contributed by atoms with Gasteiger partial charge in [-0.1, -0.05) is 69.2 Å². The Balaban J connectivity index is 6.83. The molecule has 0 saturated heterocycles. The summed E-state index contributed by atoms with van der Waals surface area (Å²) in [5.74, 6) is -9.10. The third-order valence-electron chi connectivity index (χ3n) is 8.01. The van der Waals surface area contributed by atoms with Gasteiger partial charge in [-0.3, -0.25) is 33.7 Å². The molecule has 4 unspecified atom stereocenters. The Morgan fingerprint density at radius 2 is 1.27 bits per heavy atom. The molecule has 278 valence electrons. The molecule has 0 aliphatic rings. The molecule has 0 radical (unpaired) electrons. The van der Waals surface area contributed by atoms with Gasteiger partial charge in [0.05, 0.1) is 12.7 Å². The SMILES string of the molecule is CC(C)CC(=O)N[C@H](C(=O)N[C@H](C(=O)N(C(=O)CCC(N)CC(C)C)[C@@H](CO)C(=O)C(C(=O)O)C(O)C(N)CC(C)C)C(C)C)C(C)C. The van der Waals surface area contributed by atoms with Gasteiger partial charge in [0.15, 0.2) is 5.78 Å². The summed E-state index contributed by atoms with van der Waals surface area (Å²) in [6, 6.07) is -6.04. The lowest BCUT2D eigenvalue weighted by Crippen LogP contribution is -2.62. The number of carbonyl (C=O) groups is 6. The first-order chi connectivity index (χ1) is 22.1. The third kappa shape index (κ3) is 14.7. The van der Waals surface area contributed by atoms with E-state index in [2.05, 4.69) is 10.6 Å². The van der Waals surface area contributed by atoms with Gasteiger partial charge >= 0.3 is 5.97 Å². The lowest BCUT2D eigenvalue weighted by atomic mass is 9.85. The third-order valence-corrected chi connectivity index (χ3v) is 8.01. The van der Waals surface area contributed by atoms with Crippen LogP contribution < -0.4 is 22.1 Å². The highest BCUT2D eigenvalue weighted by Gasteiger charge is 2.46. The molecule has 7 atom stereocenters. The molecule has 0 aromatic carbocycles. The highest BCUT2D eigenvalue weighted by atomic mass is 16.4. The second-order valence-corrected chi connectivity index (χ2v) is 14.8. The summed E-state index contributed by atoms with van der Waals surface area (Å²) in [6.07, 6.45) is -1.19. The highest BCUT2D eigenvalue weighted by Crippen LogP contribution is 2.22. The maximum absolute atomic E-state index is 14.3. The first-order valence-corrected chi connectivity index (χ1v) is 17.1. The molecule has 0 fully saturated rings. The Bertz CT molecular complexity index is 1080. The molecule has 0 aliphatic carbocycles. The first-order valence-electron chi connectivity index (χ1n) is 17.1. The minimum Gasteiger partial charge on any atom is -0.481 e. The second kappa shape index (κ2) is 21.2. The molecule has 4 amide bonds. The molecule has 0 saturated carbocycles. The molecule has 14 heteroatoms. The molecule has 0 aromatic rings. The number of aliphatic hydroxyl groups excluding tert-OH is 2. The van der Waals surface area contributed by atoms with Gasteiger partial charge in [-0.25, -0.2) is 0 Å². The standard InChI is InChI=1S/C34H63N5O9/c1-17(2)13-22(35)11-12-26(42)39(24(16-40)31(44)27(34(47)48)30(43)23(36)14-18(3)4)33(46)29(21(9)10)38-32(45)28(20(7)8)37-25(41)15-19(5)6/h17-24,27-30,40,43H,11-16,35-36H2,1-10H3,(H,37,41)(H,38,45)(H,47,48)/t22?,23?,24-,27?,28-,29-,30?/m0/s1. The van der Waals surface area contributed by atoms with Crippen molar-refractivity contribution in [1.82, 2.24) is 15.5 Å². The van der Waals surface area contributed by atoms with E-state index in [0.717, 1.165) is 0 Å². The van der Waals surface area contributed by atoms with Crippen molar-refractivity contribution in [1.29, 1.82) is 0 Å². The number of nitrogens with zero attached hydrogens (tertiary/aromatic N) is 1. The fourth-order valence-electron chi connectivity index (χ4n) is 5.52. The largest absolute Gasteiger partial charge is 0.481 e. The number of nitrogens with two attached hydrogens (primary N) is 2. The Hall–Kier alpha value is -2.94. The van der Waals surface area contributed by atoms with Gasteiger partial charge in [-0.15, -0.1) is 0 Å². The van der Waals surface area contributed by atoms with Crippen molar-refractivity contribution in [3.63, 3.8) is 0 Å². The van der Waals surface area contributed by atoms with Crippen LogP contribution in [0.25, 0.3) is 0 Å². The van der Waals surface area contributed by atoms with Crippen molar-refractivity contribution in [3.8, 4) is 0 Å². The number of aliphatic hydroxyl groups is 2. The number of amides is 4. The van der Waals surface area contributed by atoms with Gasteiger partial charge in [0, 0.05) is 24.9 Å². The quantitative estimate of drug-likeness (QED) is 0.0798. The summed E-state index contributed by atoms with van der Waals surface area (Å²) < 4.78 is 0. The van der Waals surface area contributed by atoms with Gasteiger partial charge in [-0.05, 0) is 48.9 Å². The van der Waals surface area contributed by atoms with E-state index < -0.39 is 84.2 Å². The first kappa shape index (κ1) is 45.1. The monoisotopic (exact) mass is 685 g/mol. The maximum atomic E-state index is 14.3. The highest BCUT2D eigenvalue weighted by molar-refractivity contribution is 6.08. The van der Waals surface area contributed by atoms with Crippen molar-refractivity contribution < 1.29 is 44.1 Å². The lowest BCUT2D eigenvalue weighted by molar-refractivity contribution is -0.162. The van der Waals surface area contributed by atoms with E-state index in [1.807, 2.05) is 27.7 Å². The van der Waals surface area contributed by atoms with Gasteiger partial charge in [-0.2, -0.15) is 0 Å². The fraction of sp³-hybridized carbons (Fsp3) is 0.824. The number of hydrogen-bond acceptors (Lipinski definition) is 10. The van der Waals surface area contributed by atoms with E-state index in [4.69, 9.17) is 11.5 Å². The van der Waals surface area contributed by atoms with Crippen molar-refractivity contribution in [3.05, 3.63) is 0 Å². The Morgan fingerprint density at radius 3 is 1.69 bits per heavy atom. The van der Waals surface area contributed by atoms with Crippen molar-refractivity contribution >= 4 is 35.4 Å². The molecule has 0 rings (SSSR count). The number of hydrogen-bond donors (Lipinski definition) is 7. The second-order valence-electron chi connectivity index (χ2n) is 14.8. The van der Waals surface area contributed by atoms with Crippen molar-refractivity contribution in [2.45, 2.75) is 138 Å². The number of ketones is 1. The fourth-order valence-corrected chi connectivity index (χ4v) is 5.52. The van der Waals surface area contributed by atoms with Crippen LogP contribution in [0, 0.1) is 35.5 Å². The normalized spacial score (nSPS) is 16.3. The topological polar surface area (TPSA) is 242 Å². The van der Waals surface area contributed by atoms with Crippen LogP contribution in [0.3, 0.4) is 0 Å². The van der Waals surface area contributed by atoms with E-state index in [-0.39, 0.29) is 55.3 Å². The molecule has 0 aromatic heterocycles. The summed E-state index contributed by atoms with van der Waals surface area (Å²) in [5, 5.41) is 36.6. The van der Waals surface area contributed by atoms with Crippen LogP contribution in [0.2, 0.25) is 0 Å². The predicted octanol–water partition coefficient (Wildman–Crippen LogP) is 1.19. The average Bonchev–Trinajstić information content (AvgIpc) is 2.93. The molecule has 9 N–H and O–H groups in total. The van der Waals surface area contributed by atoms with E-state index in [1.54, 1.807) is 41.5 Å². The van der Waals surface area contributed by atoms with Gasteiger partial charge in [0.1, 0.15) is 24.0 Å². The molecule has 0 heterocycles. The predicted molar refractivity (Wildman–Crippen MR) is 182 cm³/mol. The van der Waals surface area contributed by atoms with Crippen molar-refractivity contribution in [2.24, 2.45) is 47.0 Å². The Morgan fingerprint density at radius 1 is 0.750 bits per heavy atom. The smallest absolute Gasteiger partial charge is 0.316 e. The number of aliphatic carboxylic acids is 1. The number of imide groups is 1. The molecule has 48 heavy (non-hydrogen) atoms. The van der Waals surface area contributed by atoms with Crippen LogP contribution >= 0.6 is 0 Å². The van der Waals surface area contributed by atoms with Crippen LogP contribution in [0.1, 0.15) is 101 Å². The molecular formula is C34H63N5O9. The zero-order valence-corrected chi connectivity index (χ0v) is 30.6. The average molecular weight is 686 g/mol. The van der Waals surface area contributed by atoms with Gasteiger partial charge in [0.25, 0.3) is 5.91 Å². The Labute approximate surface area is 286 Å². The zero-order valence-electron chi connectivity index (χ0n) is 30.6. The lowest BCUT2D eigenvalue weighted by Gasteiger charge is -2.36. The number of Topliss-reactive ketones (excluding diaryl/α,β-unsaturated/α-hetero) is 1. The molecule has 14 nitrogen and oxygen atoms in total. The van der Waals surface area contributed by atoms with Crippen LogP contribution in [0.5, 0.6) is 0 Å². The Kier molecular flexibility index (Phi) is 19.9. The molecule has 0 aliphatic heterocycles. The number of carbonyl (C=O) groups excluding carboxylic acids is 5. The number of rotatable bonds is 22. The zero-order chi connectivity index (χ0) is 37.6. The van der Waals surface area contributed by atoms with E-state index in [9.17, 15) is 44.1 Å². The number of nitrogens with one attached hydrogen (secondary N) is 2. The maximum Gasteiger partial charge on any atom is 0.316 e. The summed E-state index contributed by atoms with van der Waals surface area (Å²) in [4.78, 5) is 80.8. The van der Waals surface area contributed by atoms with Crippen LogP contribution in [-0.4, -0.2) is 98.5 Å². The minimum atomic E-state index is -2.17. The minimum absolute atomic E-state index is 0.0279. The molecule has 0 spiro atoms.